The van der Waals surface area contributed by atoms with Crippen molar-refractivity contribution >= 4 is 16.9 Å². The van der Waals surface area contributed by atoms with Crippen LogP contribution in [0.15, 0.2) is 18.5 Å². The second-order valence-corrected chi connectivity index (χ2v) is 5.32. The topological polar surface area (TPSA) is 81.1 Å². The van der Waals surface area contributed by atoms with Gasteiger partial charge < -0.3 is 15.4 Å². The summed E-state index contributed by atoms with van der Waals surface area (Å²) in [5, 5.41) is 11.2. The van der Waals surface area contributed by atoms with E-state index in [9.17, 15) is 4.79 Å². The van der Waals surface area contributed by atoms with Gasteiger partial charge in [0.25, 0.3) is 5.91 Å². The molecule has 22 heavy (non-hydrogen) atoms. The quantitative estimate of drug-likeness (QED) is 0.711. The summed E-state index contributed by atoms with van der Waals surface area (Å²) in [7, 11) is 1.66. The van der Waals surface area contributed by atoms with Crippen LogP contribution in [0.4, 0.5) is 0 Å². The minimum Gasteiger partial charge on any atom is -0.383 e. The minimum absolute atomic E-state index is 0.125. The van der Waals surface area contributed by atoms with Crippen molar-refractivity contribution in [3.05, 3.63) is 24.0 Å². The average molecular weight is 305 g/mol. The van der Waals surface area contributed by atoms with Crippen molar-refractivity contribution in [3.8, 4) is 0 Å². The molecule has 2 aromatic rings. The Morgan fingerprint density at radius 2 is 2.14 bits per heavy atom. The molecule has 0 saturated heterocycles. The van der Waals surface area contributed by atoms with Crippen LogP contribution in [0.3, 0.4) is 0 Å². The number of fused-ring (bicyclic) bond motifs is 1. The molecule has 120 valence electrons. The monoisotopic (exact) mass is 305 g/mol. The molecule has 0 saturated carbocycles. The molecule has 0 aliphatic rings. The van der Waals surface area contributed by atoms with E-state index >= 15 is 0 Å². The van der Waals surface area contributed by atoms with Crippen LogP contribution in [0.1, 0.15) is 30.2 Å². The Balaban J connectivity index is 1.92. The summed E-state index contributed by atoms with van der Waals surface area (Å²) >= 11 is 0. The van der Waals surface area contributed by atoms with Gasteiger partial charge in [-0.25, -0.2) is 9.67 Å². The third-order valence-electron chi connectivity index (χ3n) is 3.25. The van der Waals surface area contributed by atoms with E-state index in [1.54, 1.807) is 19.5 Å². The predicted molar refractivity (Wildman–Crippen MR) is 85.0 cm³/mol. The molecule has 0 spiro atoms. The first-order valence-electron chi connectivity index (χ1n) is 7.44. The Kier molecular flexibility index (Phi) is 5.85. The van der Waals surface area contributed by atoms with E-state index < -0.39 is 0 Å². The van der Waals surface area contributed by atoms with Crippen molar-refractivity contribution in [2.45, 2.75) is 19.9 Å². The summed E-state index contributed by atoms with van der Waals surface area (Å²) in [5.74, 6) is -0.125. The summed E-state index contributed by atoms with van der Waals surface area (Å²) in [5.41, 5.74) is 1.35. The predicted octanol–water partition coefficient (Wildman–Crippen LogP) is 0.978. The van der Waals surface area contributed by atoms with E-state index in [1.165, 1.54) is 0 Å². The van der Waals surface area contributed by atoms with Crippen molar-refractivity contribution < 1.29 is 9.53 Å². The van der Waals surface area contributed by atoms with E-state index in [1.807, 2.05) is 24.6 Å². The number of amides is 1. The van der Waals surface area contributed by atoms with Gasteiger partial charge in [-0.3, -0.25) is 4.79 Å². The van der Waals surface area contributed by atoms with Crippen molar-refractivity contribution in [2.75, 3.05) is 33.4 Å². The van der Waals surface area contributed by atoms with Gasteiger partial charge in [0.15, 0.2) is 5.65 Å². The number of hydrogen-bond donors (Lipinski definition) is 2. The van der Waals surface area contributed by atoms with E-state index in [-0.39, 0.29) is 11.9 Å². The van der Waals surface area contributed by atoms with Gasteiger partial charge in [-0.2, -0.15) is 5.10 Å². The molecule has 2 rings (SSSR count). The van der Waals surface area contributed by atoms with Gasteiger partial charge in [-0.05, 0) is 19.9 Å². The molecule has 7 heteroatoms. The second kappa shape index (κ2) is 7.86. The summed E-state index contributed by atoms with van der Waals surface area (Å²) in [6, 6.07) is 2.06. The van der Waals surface area contributed by atoms with Crippen LogP contribution in [0.5, 0.6) is 0 Å². The summed E-state index contributed by atoms with van der Waals surface area (Å²) < 4.78 is 6.78. The summed E-state index contributed by atoms with van der Waals surface area (Å²) in [4.78, 5) is 16.4. The Hall–Kier alpha value is -1.99. The zero-order valence-corrected chi connectivity index (χ0v) is 13.3. The number of hydrogen-bond acceptors (Lipinski definition) is 5. The highest BCUT2D eigenvalue weighted by molar-refractivity contribution is 5.96. The molecule has 0 unspecified atom stereocenters. The molecule has 0 fully saturated rings. The molecule has 0 aliphatic heterocycles. The third kappa shape index (κ3) is 4.02. The Bertz CT molecular complexity index is 623. The van der Waals surface area contributed by atoms with Crippen molar-refractivity contribution in [3.63, 3.8) is 0 Å². The Morgan fingerprint density at radius 3 is 2.86 bits per heavy atom. The standard InChI is InChI=1S/C15H23N5O2/c1-11(2)20-14-12(10-19-20)8-13(9-18-14)15(21)17-5-4-16-6-7-22-3/h8-11,16H,4-7H2,1-3H3,(H,17,21). The first-order valence-corrected chi connectivity index (χ1v) is 7.44. The zero-order chi connectivity index (χ0) is 15.9. The highest BCUT2D eigenvalue weighted by atomic mass is 16.5. The molecular weight excluding hydrogens is 282 g/mol. The van der Waals surface area contributed by atoms with Gasteiger partial charge in [-0.15, -0.1) is 0 Å². The molecule has 7 nitrogen and oxygen atoms in total. The number of nitrogens with zero attached hydrogens (tertiary/aromatic N) is 3. The van der Waals surface area contributed by atoms with Gasteiger partial charge in [0.1, 0.15) is 0 Å². The van der Waals surface area contributed by atoms with Crippen LogP contribution in [-0.2, 0) is 4.74 Å². The van der Waals surface area contributed by atoms with Crippen LogP contribution >= 0.6 is 0 Å². The number of methoxy groups -OCH3 is 1. The molecule has 2 heterocycles. The van der Waals surface area contributed by atoms with E-state index in [2.05, 4.69) is 20.7 Å². The summed E-state index contributed by atoms with van der Waals surface area (Å²) in [6.07, 6.45) is 3.34. The number of rotatable bonds is 8. The lowest BCUT2D eigenvalue weighted by Crippen LogP contribution is -2.33. The fourth-order valence-electron chi connectivity index (χ4n) is 2.11. The highest BCUT2D eigenvalue weighted by Gasteiger charge is 2.11. The minimum atomic E-state index is -0.125. The lowest BCUT2D eigenvalue weighted by Gasteiger charge is -2.08. The molecular formula is C15H23N5O2. The number of aromatic nitrogens is 3. The molecule has 0 radical (unpaired) electrons. The maximum atomic E-state index is 12.1. The highest BCUT2D eigenvalue weighted by Crippen LogP contribution is 2.16. The van der Waals surface area contributed by atoms with Gasteiger partial charge >= 0.3 is 0 Å². The van der Waals surface area contributed by atoms with Gasteiger partial charge in [0.2, 0.25) is 0 Å². The molecule has 0 aliphatic carbocycles. The fraction of sp³-hybridized carbons (Fsp3) is 0.533. The maximum Gasteiger partial charge on any atom is 0.252 e. The molecule has 1 amide bonds. The third-order valence-corrected chi connectivity index (χ3v) is 3.25. The molecule has 0 aromatic carbocycles. The molecule has 2 aromatic heterocycles. The number of ether oxygens (including phenoxy) is 1. The van der Waals surface area contributed by atoms with Crippen LogP contribution < -0.4 is 10.6 Å². The van der Waals surface area contributed by atoms with Crippen molar-refractivity contribution in [2.24, 2.45) is 0 Å². The Morgan fingerprint density at radius 1 is 1.32 bits per heavy atom. The van der Waals surface area contributed by atoms with E-state index in [0.717, 1.165) is 17.6 Å². The van der Waals surface area contributed by atoms with Gasteiger partial charge in [0.05, 0.1) is 18.4 Å². The first-order chi connectivity index (χ1) is 10.6. The SMILES string of the molecule is COCCNCCNC(=O)c1cnc2c(cnn2C(C)C)c1. The number of nitrogens with one attached hydrogen (secondary N) is 2. The second-order valence-electron chi connectivity index (χ2n) is 5.32. The normalized spacial score (nSPS) is 11.3. The fourth-order valence-corrected chi connectivity index (χ4v) is 2.11. The molecule has 0 bridgehead atoms. The lowest BCUT2D eigenvalue weighted by atomic mass is 10.2. The summed E-state index contributed by atoms with van der Waals surface area (Å²) in [6.45, 7) is 6.79. The van der Waals surface area contributed by atoms with Crippen LogP contribution in [0.25, 0.3) is 11.0 Å². The van der Waals surface area contributed by atoms with Gasteiger partial charge in [-0.1, -0.05) is 0 Å². The average Bonchev–Trinajstić information content (AvgIpc) is 2.93. The lowest BCUT2D eigenvalue weighted by molar-refractivity contribution is 0.0953. The molecule has 2 N–H and O–H groups in total. The Labute approximate surface area is 130 Å². The zero-order valence-electron chi connectivity index (χ0n) is 13.3. The smallest absolute Gasteiger partial charge is 0.252 e. The molecule has 0 atom stereocenters. The largest absolute Gasteiger partial charge is 0.383 e. The number of carbonyl (C=O) groups excluding carboxylic acids is 1. The van der Waals surface area contributed by atoms with Crippen LogP contribution in [0, 0.1) is 0 Å². The van der Waals surface area contributed by atoms with Crippen molar-refractivity contribution in [1.82, 2.24) is 25.4 Å². The van der Waals surface area contributed by atoms with E-state index in [4.69, 9.17) is 4.74 Å². The number of pyridine rings is 1. The van der Waals surface area contributed by atoms with E-state index in [0.29, 0.717) is 25.3 Å². The number of carbonyl (C=O) groups is 1. The van der Waals surface area contributed by atoms with Crippen LogP contribution in [-0.4, -0.2) is 54.0 Å². The maximum absolute atomic E-state index is 12.1. The van der Waals surface area contributed by atoms with Gasteiger partial charge in [0, 0.05) is 44.4 Å². The van der Waals surface area contributed by atoms with Crippen LogP contribution in [0.2, 0.25) is 0 Å². The van der Waals surface area contributed by atoms with Crippen molar-refractivity contribution in [1.29, 1.82) is 0 Å². The first kappa shape index (κ1) is 16.4.